The van der Waals surface area contributed by atoms with Crippen molar-refractivity contribution in [1.82, 2.24) is 4.90 Å². The Morgan fingerprint density at radius 1 is 1.21 bits per heavy atom. The van der Waals surface area contributed by atoms with Gasteiger partial charge < -0.3 is 24.8 Å². The van der Waals surface area contributed by atoms with Crippen molar-refractivity contribution in [2.75, 3.05) is 32.3 Å². The second-order valence-electron chi connectivity index (χ2n) is 6.63. The molecule has 0 spiro atoms. The van der Waals surface area contributed by atoms with E-state index in [1.54, 1.807) is 29.8 Å². The molecule has 2 amide bonds. The highest BCUT2D eigenvalue weighted by Crippen LogP contribution is 2.39. The molecule has 29 heavy (non-hydrogen) atoms. The lowest BCUT2D eigenvalue weighted by molar-refractivity contribution is -0.138. The fourth-order valence-electron chi connectivity index (χ4n) is 3.55. The van der Waals surface area contributed by atoms with Gasteiger partial charge in [-0.25, -0.2) is 4.79 Å². The van der Waals surface area contributed by atoms with Gasteiger partial charge in [0.15, 0.2) is 11.5 Å². The second-order valence-corrected chi connectivity index (χ2v) is 7.50. The van der Waals surface area contributed by atoms with Crippen molar-refractivity contribution in [2.24, 2.45) is 0 Å². The number of carboxylic acid groups (broad SMARTS) is 1. The van der Waals surface area contributed by atoms with E-state index in [2.05, 4.69) is 5.32 Å². The van der Waals surface area contributed by atoms with Gasteiger partial charge in [0.2, 0.25) is 0 Å². The van der Waals surface area contributed by atoms with E-state index in [1.165, 1.54) is 7.11 Å². The first-order valence-electron chi connectivity index (χ1n) is 9.15. The summed E-state index contributed by atoms with van der Waals surface area (Å²) in [6.07, 6.45) is 2.37. The molecule has 1 aliphatic heterocycles. The zero-order valence-electron chi connectivity index (χ0n) is 16.6. The average molecular weight is 416 g/mol. The maximum atomic E-state index is 13.0. The zero-order chi connectivity index (χ0) is 21.0. The van der Waals surface area contributed by atoms with Crippen molar-refractivity contribution >= 4 is 29.4 Å². The van der Waals surface area contributed by atoms with Crippen molar-refractivity contribution in [3.05, 3.63) is 47.5 Å². The lowest BCUT2D eigenvalue weighted by Gasteiger charge is -2.37. The van der Waals surface area contributed by atoms with Crippen molar-refractivity contribution in [2.45, 2.75) is 23.8 Å². The minimum absolute atomic E-state index is 0.194. The third kappa shape index (κ3) is 4.59. The Labute approximate surface area is 174 Å². The number of nitrogens with zero attached hydrogens (tertiary/aromatic N) is 1. The number of hydrogen-bond donors (Lipinski definition) is 2. The molecule has 1 heterocycles. The molecule has 0 aliphatic carbocycles. The van der Waals surface area contributed by atoms with E-state index in [0.29, 0.717) is 30.2 Å². The van der Waals surface area contributed by atoms with Crippen LogP contribution in [0.5, 0.6) is 11.5 Å². The number of methoxy groups -OCH3 is 2. The second kappa shape index (κ2) is 9.09. The molecular formula is C21H24N2O5S. The Morgan fingerprint density at radius 2 is 1.93 bits per heavy atom. The summed E-state index contributed by atoms with van der Waals surface area (Å²) in [6.45, 7) is 0.411. The smallest absolute Gasteiger partial charge is 0.322 e. The van der Waals surface area contributed by atoms with Gasteiger partial charge in [0, 0.05) is 17.1 Å². The first-order chi connectivity index (χ1) is 14.0. The predicted octanol–water partition coefficient (Wildman–Crippen LogP) is 4.03. The van der Waals surface area contributed by atoms with Crippen LogP contribution in [0.3, 0.4) is 0 Å². The fraction of sp³-hybridized carbons (Fsp3) is 0.333. The molecule has 7 nitrogen and oxygen atoms in total. The number of urea groups is 1. The quantitative estimate of drug-likeness (QED) is 0.691. The van der Waals surface area contributed by atoms with Crippen molar-refractivity contribution in [3.8, 4) is 11.5 Å². The molecule has 1 aliphatic rings. The Bertz CT molecular complexity index is 918. The van der Waals surface area contributed by atoms with E-state index in [0.717, 1.165) is 16.0 Å². The van der Waals surface area contributed by atoms with Gasteiger partial charge in [0.05, 0.1) is 26.7 Å². The molecule has 0 aromatic heterocycles. The van der Waals surface area contributed by atoms with Crippen LogP contribution in [0.2, 0.25) is 0 Å². The van der Waals surface area contributed by atoms with Gasteiger partial charge in [0.1, 0.15) is 0 Å². The highest BCUT2D eigenvalue weighted by molar-refractivity contribution is 7.98. The SMILES string of the molecule is COc1cc2c(cc1OC)[C@@H](CC(=O)O)N(C(=O)Nc1cccc(SC)c1)CC2. The molecule has 2 aromatic rings. The molecule has 2 N–H and O–H groups in total. The molecule has 0 bridgehead atoms. The van der Waals surface area contributed by atoms with E-state index in [4.69, 9.17) is 9.47 Å². The third-order valence-electron chi connectivity index (χ3n) is 4.95. The van der Waals surface area contributed by atoms with Gasteiger partial charge in [-0.1, -0.05) is 6.07 Å². The molecule has 0 radical (unpaired) electrons. The van der Waals surface area contributed by atoms with E-state index >= 15 is 0 Å². The molecule has 0 fully saturated rings. The number of rotatable bonds is 6. The monoisotopic (exact) mass is 416 g/mol. The standard InChI is InChI=1S/C21H24N2O5S/c1-27-18-9-13-7-8-23(17(12-20(24)25)16(13)11-19(18)28-2)21(26)22-14-5-4-6-15(10-14)29-3/h4-6,9-11,17H,7-8,12H2,1-3H3,(H,22,26)(H,24,25)/t17-/m1/s1. The van der Waals surface area contributed by atoms with Gasteiger partial charge in [-0.15, -0.1) is 11.8 Å². The van der Waals surface area contributed by atoms with E-state index in [1.807, 2.05) is 36.6 Å². The fourth-order valence-corrected chi connectivity index (χ4v) is 4.01. The molecular weight excluding hydrogens is 392 g/mol. The largest absolute Gasteiger partial charge is 0.493 e. The number of ether oxygens (including phenoxy) is 2. The summed E-state index contributed by atoms with van der Waals surface area (Å²) in [6, 6.07) is 10.3. The number of aliphatic carboxylic acids is 1. The van der Waals surface area contributed by atoms with Crippen molar-refractivity contribution in [3.63, 3.8) is 0 Å². The number of carbonyl (C=O) groups excluding carboxylic acids is 1. The maximum absolute atomic E-state index is 13.0. The van der Waals surface area contributed by atoms with Crippen LogP contribution in [0.4, 0.5) is 10.5 Å². The van der Waals surface area contributed by atoms with Gasteiger partial charge >= 0.3 is 12.0 Å². The van der Waals surface area contributed by atoms with Crippen LogP contribution in [0.15, 0.2) is 41.3 Å². The van der Waals surface area contributed by atoms with Gasteiger partial charge in [-0.2, -0.15) is 0 Å². The number of thioether (sulfide) groups is 1. The number of hydrogen-bond acceptors (Lipinski definition) is 5. The highest BCUT2D eigenvalue weighted by atomic mass is 32.2. The van der Waals surface area contributed by atoms with Crippen molar-refractivity contribution in [1.29, 1.82) is 0 Å². The number of amides is 2. The Morgan fingerprint density at radius 3 is 2.59 bits per heavy atom. The highest BCUT2D eigenvalue weighted by Gasteiger charge is 2.33. The molecule has 154 valence electrons. The number of fused-ring (bicyclic) bond motifs is 1. The van der Waals surface area contributed by atoms with Gasteiger partial charge in [-0.05, 0) is 54.1 Å². The van der Waals surface area contributed by atoms with Crippen LogP contribution in [-0.4, -0.2) is 49.0 Å². The Balaban J connectivity index is 1.92. The lowest BCUT2D eigenvalue weighted by atomic mass is 9.90. The first kappa shape index (κ1) is 20.9. The number of nitrogens with one attached hydrogen (secondary N) is 1. The summed E-state index contributed by atoms with van der Waals surface area (Å²) < 4.78 is 10.7. The lowest BCUT2D eigenvalue weighted by Crippen LogP contribution is -2.43. The molecule has 0 unspecified atom stereocenters. The van der Waals surface area contributed by atoms with Crippen LogP contribution >= 0.6 is 11.8 Å². The van der Waals surface area contributed by atoms with Crippen LogP contribution in [0.25, 0.3) is 0 Å². The molecule has 3 rings (SSSR count). The summed E-state index contributed by atoms with van der Waals surface area (Å²) in [5.74, 6) is 0.128. The van der Waals surface area contributed by atoms with Crippen LogP contribution < -0.4 is 14.8 Å². The summed E-state index contributed by atoms with van der Waals surface area (Å²) in [5, 5.41) is 12.4. The zero-order valence-corrected chi connectivity index (χ0v) is 17.4. The van der Waals surface area contributed by atoms with E-state index in [9.17, 15) is 14.7 Å². The molecule has 1 atom stereocenters. The summed E-state index contributed by atoms with van der Waals surface area (Å²) in [5.41, 5.74) is 2.40. The van der Waals surface area contributed by atoms with Crippen LogP contribution in [0, 0.1) is 0 Å². The van der Waals surface area contributed by atoms with Crippen molar-refractivity contribution < 1.29 is 24.2 Å². The first-order valence-corrected chi connectivity index (χ1v) is 10.4. The summed E-state index contributed by atoms with van der Waals surface area (Å²) >= 11 is 1.58. The minimum Gasteiger partial charge on any atom is -0.493 e. The number of carboxylic acids is 1. The molecule has 0 saturated carbocycles. The predicted molar refractivity (Wildman–Crippen MR) is 112 cm³/mol. The molecule has 2 aromatic carbocycles. The number of carbonyl (C=O) groups is 2. The topological polar surface area (TPSA) is 88.1 Å². The normalized spacial score (nSPS) is 15.4. The summed E-state index contributed by atoms with van der Waals surface area (Å²) in [7, 11) is 3.09. The summed E-state index contributed by atoms with van der Waals surface area (Å²) in [4.78, 5) is 27.2. The minimum atomic E-state index is -0.972. The number of anilines is 1. The van der Waals surface area contributed by atoms with Gasteiger partial charge in [0.25, 0.3) is 0 Å². The third-order valence-corrected chi connectivity index (χ3v) is 5.68. The number of benzene rings is 2. The maximum Gasteiger partial charge on any atom is 0.322 e. The van der Waals surface area contributed by atoms with E-state index in [-0.39, 0.29) is 12.5 Å². The van der Waals surface area contributed by atoms with Crippen LogP contribution in [0.1, 0.15) is 23.6 Å². The average Bonchev–Trinajstić information content (AvgIpc) is 2.72. The molecule has 8 heteroatoms. The Kier molecular flexibility index (Phi) is 6.53. The van der Waals surface area contributed by atoms with Gasteiger partial charge in [-0.3, -0.25) is 4.79 Å². The Hall–Kier alpha value is -2.87. The van der Waals surface area contributed by atoms with Crippen LogP contribution in [-0.2, 0) is 11.2 Å². The van der Waals surface area contributed by atoms with E-state index < -0.39 is 12.0 Å². The molecule has 0 saturated heterocycles.